The molecule has 0 aliphatic carbocycles. The van der Waals surface area contributed by atoms with Gasteiger partial charge in [0.05, 0.1) is 11.0 Å². The van der Waals surface area contributed by atoms with E-state index >= 15 is 0 Å². The van der Waals surface area contributed by atoms with Crippen LogP contribution in [0.25, 0.3) is 0 Å². The van der Waals surface area contributed by atoms with Crippen LogP contribution in [0, 0.1) is 18.3 Å². The third kappa shape index (κ3) is 2.34. The summed E-state index contributed by atoms with van der Waals surface area (Å²) in [7, 11) is -3.44. The van der Waals surface area contributed by atoms with Crippen molar-refractivity contribution in [1.82, 2.24) is 0 Å². The van der Waals surface area contributed by atoms with E-state index in [1.165, 1.54) is 6.07 Å². The lowest BCUT2D eigenvalue weighted by Crippen LogP contribution is -2.06. The summed E-state index contributed by atoms with van der Waals surface area (Å²) in [5.74, 6) is -0.477. The van der Waals surface area contributed by atoms with Crippen molar-refractivity contribution in [3.63, 3.8) is 0 Å². The zero-order valence-electron chi connectivity index (χ0n) is 7.49. The van der Waals surface area contributed by atoms with Gasteiger partial charge in [0.2, 0.25) is 0 Å². The number of nitrogens with zero attached hydrogens (tertiary/aromatic N) is 1. The summed E-state index contributed by atoms with van der Waals surface area (Å²) in [5.41, 5.74) is 0.648. The molecule has 0 radical (unpaired) electrons. The minimum atomic E-state index is -3.44. The average molecular weight is 274 g/mol. The van der Waals surface area contributed by atoms with E-state index in [2.05, 4.69) is 15.9 Å². The fourth-order valence-electron chi connectivity index (χ4n) is 1.12. The quantitative estimate of drug-likeness (QED) is 0.829. The molecule has 1 rings (SSSR count). The predicted molar refractivity (Wildman–Crippen MR) is 56.5 cm³/mol. The van der Waals surface area contributed by atoms with Crippen LogP contribution in [0.2, 0.25) is 0 Å². The van der Waals surface area contributed by atoms with Gasteiger partial charge in [0, 0.05) is 4.47 Å². The van der Waals surface area contributed by atoms with Crippen LogP contribution in [-0.2, 0) is 9.84 Å². The summed E-state index contributed by atoms with van der Waals surface area (Å²) in [5, 5.41) is 8.37. The molecule has 74 valence electrons. The number of nitriles is 1. The molecule has 0 atom stereocenters. The summed E-state index contributed by atoms with van der Waals surface area (Å²) in [6, 6.07) is 6.52. The second-order valence-electron chi connectivity index (χ2n) is 2.83. The Hall–Kier alpha value is -0.860. The molecule has 0 aliphatic rings. The molecule has 0 amide bonds. The van der Waals surface area contributed by atoms with Crippen LogP contribution in [0.4, 0.5) is 0 Å². The molecule has 1 aromatic carbocycles. The van der Waals surface area contributed by atoms with Crippen molar-refractivity contribution in [2.45, 2.75) is 11.8 Å². The summed E-state index contributed by atoms with van der Waals surface area (Å²) < 4.78 is 23.9. The Balaban J connectivity index is 3.29. The Morgan fingerprint density at radius 2 is 2.14 bits per heavy atom. The van der Waals surface area contributed by atoms with Gasteiger partial charge in [-0.3, -0.25) is 0 Å². The summed E-state index contributed by atoms with van der Waals surface area (Å²) in [4.78, 5) is 0.224. The maximum absolute atomic E-state index is 11.5. The highest BCUT2D eigenvalue weighted by molar-refractivity contribution is 9.10. The van der Waals surface area contributed by atoms with E-state index in [9.17, 15) is 8.42 Å². The molecule has 14 heavy (non-hydrogen) atoms. The molecule has 0 bridgehead atoms. The van der Waals surface area contributed by atoms with Crippen LogP contribution in [-0.4, -0.2) is 14.2 Å². The number of hydrogen-bond acceptors (Lipinski definition) is 3. The molecule has 1 aromatic rings. The van der Waals surface area contributed by atoms with Gasteiger partial charge in [-0.25, -0.2) is 8.42 Å². The third-order valence-corrected chi connectivity index (χ3v) is 3.86. The van der Waals surface area contributed by atoms with Crippen LogP contribution in [0.5, 0.6) is 0 Å². The summed E-state index contributed by atoms with van der Waals surface area (Å²) >= 11 is 3.24. The Labute approximate surface area is 91.4 Å². The van der Waals surface area contributed by atoms with Crippen LogP contribution < -0.4 is 0 Å². The molecule has 0 unspecified atom stereocenters. The van der Waals surface area contributed by atoms with Gasteiger partial charge in [-0.1, -0.05) is 15.9 Å². The maximum atomic E-state index is 11.5. The molecular formula is C9H8BrNO2S. The van der Waals surface area contributed by atoms with Crippen LogP contribution in [0.1, 0.15) is 5.56 Å². The van der Waals surface area contributed by atoms with Crippen molar-refractivity contribution < 1.29 is 8.42 Å². The second-order valence-corrected chi connectivity index (χ2v) is 5.70. The minimum absolute atomic E-state index is 0.224. The molecule has 0 aromatic heterocycles. The summed E-state index contributed by atoms with van der Waals surface area (Å²) in [6.07, 6.45) is 0. The Bertz CT molecular complexity index is 488. The normalized spacial score (nSPS) is 10.9. The maximum Gasteiger partial charge on any atom is 0.191 e. The fourth-order valence-corrected chi connectivity index (χ4v) is 2.75. The van der Waals surface area contributed by atoms with Gasteiger partial charge >= 0.3 is 0 Å². The van der Waals surface area contributed by atoms with E-state index in [0.29, 0.717) is 5.56 Å². The van der Waals surface area contributed by atoms with Crippen molar-refractivity contribution in [1.29, 1.82) is 5.26 Å². The van der Waals surface area contributed by atoms with Gasteiger partial charge in [0.1, 0.15) is 5.75 Å². The van der Waals surface area contributed by atoms with E-state index in [1.54, 1.807) is 25.1 Å². The van der Waals surface area contributed by atoms with Crippen molar-refractivity contribution in [2.24, 2.45) is 0 Å². The van der Waals surface area contributed by atoms with Crippen molar-refractivity contribution in [3.8, 4) is 6.07 Å². The smallest absolute Gasteiger partial charge is 0.191 e. The van der Waals surface area contributed by atoms with E-state index < -0.39 is 15.6 Å². The first-order chi connectivity index (χ1) is 6.47. The highest BCUT2D eigenvalue weighted by Crippen LogP contribution is 2.20. The molecule has 0 saturated carbocycles. The first kappa shape index (κ1) is 11.2. The number of benzene rings is 1. The number of hydrogen-bond donors (Lipinski definition) is 0. The lowest BCUT2D eigenvalue weighted by Gasteiger charge is -2.04. The van der Waals surface area contributed by atoms with Crippen LogP contribution >= 0.6 is 15.9 Å². The van der Waals surface area contributed by atoms with E-state index in [1.807, 2.05) is 0 Å². The monoisotopic (exact) mass is 273 g/mol. The van der Waals surface area contributed by atoms with E-state index in [0.717, 1.165) is 4.47 Å². The fraction of sp³-hybridized carbons (Fsp3) is 0.222. The molecule has 0 fully saturated rings. The third-order valence-electron chi connectivity index (χ3n) is 1.73. The standard InChI is InChI=1S/C9H8BrNO2S/c1-7-6-8(10)2-3-9(7)14(12,13)5-4-11/h2-3,6H,5H2,1H3. The van der Waals surface area contributed by atoms with Crippen molar-refractivity contribution in [3.05, 3.63) is 28.2 Å². The summed E-state index contributed by atoms with van der Waals surface area (Å²) in [6.45, 7) is 1.70. The Morgan fingerprint density at radius 3 is 2.64 bits per heavy atom. The van der Waals surface area contributed by atoms with Crippen molar-refractivity contribution in [2.75, 3.05) is 5.75 Å². The highest BCUT2D eigenvalue weighted by Gasteiger charge is 2.16. The molecular weight excluding hydrogens is 266 g/mol. The second kappa shape index (κ2) is 4.11. The number of sulfone groups is 1. The number of halogens is 1. The lowest BCUT2D eigenvalue weighted by molar-refractivity contribution is 0.598. The molecule has 0 spiro atoms. The predicted octanol–water partition coefficient (Wildman–Crippen LogP) is 2.05. The minimum Gasteiger partial charge on any atom is -0.223 e. The molecule has 0 saturated heterocycles. The number of aryl methyl sites for hydroxylation is 1. The van der Waals surface area contributed by atoms with Gasteiger partial charge in [-0.15, -0.1) is 0 Å². The number of rotatable bonds is 2. The van der Waals surface area contributed by atoms with Crippen LogP contribution in [0.15, 0.2) is 27.6 Å². The first-order valence-corrected chi connectivity index (χ1v) is 6.28. The average Bonchev–Trinajstić information content (AvgIpc) is 2.02. The highest BCUT2D eigenvalue weighted by atomic mass is 79.9. The lowest BCUT2D eigenvalue weighted by atomic mass is 10.2. The molecule has 3 nitrogen and oxygen atoms in total. The molecule has 5 heteroatoms. The van der Waals surface area contributed by atoms with Crippen LogP contribution in [0.3, 0.4) is 0 Å². The zero-order valence-corrected chi connectivity index (χ0v) is 9.89. The van der Waals surface area contributed by atoms with E-state index in [-0.39, 0.29) is 4.90 Å². The Kier molecular flexibility index (Phi) is 3.29. The molecule has 0 aliphatic heterocycles. The van der Waals surface area contributed by atoms with Crippen molar-refractivity contribution >= 4 is 25.8 Å². The topological polar surface area (TPSA) is 57.9 Å². The zero-order chi connectivity index (χ0) is 10.8. The molecule has 0 N–H and O–H groups in total. The largest absolute Gasteiger partial charge is 0.223 e. The van der Waals surface area contributed by atoms with Gasteiger partial charge < -0.3 is 0 Å². The first-order valence-electron chi connectivity index (χ1n) is 3.83. The van der Waals surface area contributed by atoms with Gasteiger partial charge in [-0.05, 0) is 30.7 Å². The Morgan fingerprint density at radius 1 is 1.50 bits per heavy atom. The molecule has 0 heterocycles. The van der Waals surface area contributed by atoms with Gasteiger partial charge in [0.15, 0.2) is 9.84 Å². The van der Waals surface area contributed by atoms with Gasteiger partial charge in [0.25, 0.3) is 0 Å². The SMILES string of the molecule is Cc1cc(Br)ccc1S(=O)(=O)CC#N. The van der Waals surface area contributed by atoms with E-state index in [4.69, 9.17) is 5.26 Å². The van der Waals surface area contributed by atoms with Gasteiger partial charge in [-0.2, -0.15) is 5.26 Å².